The second kappa shape index (κ2) is 10.5. The summed E-state index contributed by atoms with van der Waals surface area (Å²) in [6.45, 7) is 13.3. The summed E-state index contributed by atoms with van der Waals surface area (Å²) in [7, 11) is 1.58. The van der Waals surface area contributed by atoms with E-state index in [-0.39, 0.29) is 12.0 Å². The van der Waals surface area contributed by atoms with Crippen LogP contribution in [0.15, 0.2) is 18.2 Å². The second-order valence-corrected chi connectivity index (χ2v) is 7.93. The molecule has 27 heavy (non-hydrogen) atoms. The molecule has 6 nitrogen and oxygen atoms in total. The van der Waals surface area contributed by atoms with Crippen LogP contribution in [0.4, 0.5) is 0 Å². The minimum absolute atomic E-state index is 0.0250. The Morgan fingerprint density at radius 1 is 1.26 bits per heavy atom. The normalized spacial score (nSPS) is 18.0. The Kier molecular flexibility index (Phi) is 8.38. The van der Waals surface area contributed by atoms with Crippen LogP contribution in [-0.4, -0.2) is 63.4 Å². The molecule has 2 rings (SSSR count). The largest absolute Gasteiger partial charge is 0.493 e. The van der Waals surface area contributed by atoms with E-state index >= 15 is 0 Å². The van der Waals surface area contributed by atoms with Gasteiger partial charge in [0.25, 0.3) is 5.91 Å². The first-order chi connectivity index (χ1) is 12.9. The lowest BCUT2D eigenvalue weighted by Gasteiger charge is -2.33. The molecule has 1 heterocycles. The van der Waals surface area contributed by atoms with Gasteiger partial charge in [0.2, 0.25) is 0 Å². The van der Waals surface area contributed by atoms with E-state index in [0.717, 1.165) is 19.6 Å². The summed E-state index contributed by atoms with van der Waals surface area (Å²) in [5.41, 5.74) is 0.554. The Balaban J connectivity index is 1.89. The summed E-state index contributed by atoms with van der Waals surface area (Å²) < 4.78 is 16.9. The fourth-order valence-corrected chi connectivity index (χ4v) is 3.08. The van der Waals surface area contributed by atoms with E-state index in [1.54, 1.807) is 25.3 Å². The van der Waals surface area contributed by atoms with E-state index in [1.165, 1.54) is 0 Å². The first-order valence-electron chi connectivity index (χ1n) is 9.82. The zero-order chi connectivity index (χ0) is 19.8. The molecular weight excluding hydrogens is 344 g/mol. The minimum Gasteiger partial charge on any atom is -0.493 e. The number of morpholine rings is 1. The smallest absolute Gasteiger partial charge is 0.251 e. The van der Waals surface area contributed by atoms with Crippen molar-refractivity contribution in [2.75, 3.05) is 46.5 Å². The van der Waals surface area contributed by atoms with Gasteiger partial charge in [0, 0.05) is 31.7 Å². The van der Waals surface area contributed by atoms with E-state index in [0.29, 0.717) is 48.7 Å². The van der Waals surface area contributed by atoms with E-state index in [4.69, 9.17) is 14.2 Å². The zero-order valence-corrected chi connectivity index (χ0v) is 17.3. The molecule has 1 aliphatic heterocycles. The molecule has 0 radical (unpaired) electrons. The van der Waals surface area contributed by atoms with Gasteiger partial charge in [-0.25, -0.2) is 0 Å². The Morgan fingerprint density at radius 2 is 2.04 bits per heavy atom. The molecule has 1 unspecified atom stereocenters. The summed E-state index contributed by atoms with van der Waals surface area (Å²) in [5, 5.41) is 2.98. The number of ether oxygens (including phenoxy) is 3. The fourth-order valence-electron chi connectivity index (χ4n) is 3.08. The van der Waals surface area contributed by atoms with Crippen molar-refractivity contribution in [3.8, 4) is 11.5 Å². The molecule has 1 fully saturated rings. The van der Waals surface area contributed by atoms with Crippen molar-refractivity contribution in [1.29, 1.82) is 0 Å². The van der Waals surface area contributed by atoms with E-state index in [2.05, 4.69) is 37.9 Å². The molecule has 1 amide bonds. The average Bonchev–Trinajstić information content (AvgIpc) is 2.64. The predicted octanol–water partition coefficient (Wildman–Crippen LogP) is 2.82. The summed E-state index contributed by atoms with van der Waals surface area (Å²) in [6, 6.07) is 5.27. The van der Waals surface area contributed by atoms with Gasteiger partial charge in [-0.2, -0.15) is 0 Å². The Bertz CT molecular complexity index is 604. The first kappa shape index (κ1) is 21.5. The molecule has 1 aliphatic rings. The molecule has 0 spiro atoms. The van der Waals surface area contributed by atoms with Gasteiger partial charge >= 0.3 is 0 Å². The SMILES string of the molecule is COc1cc(C(=O)NCC2CN(CC(C)C)CCO2)ccc1OCC(C)C. The minimum atomic E-state index is -0.131. The molecule has 1 N–H and O–H groups in total. The van der Waals surface area contributed by atoms with Gasteiger partial charge in [-0.3, -0.25) is 9.69 Å². The highest BCUT2D eigenvalue weighted by Crippen LogP contribution is 2.28. The van der Waals surface area contributed by atoms with Gasteiger partial charge < -0.3 is 19.5 Å². The van der Waals surface area contributed by atoms with E-state index < -0.39 is 0 Å². The third-order valence-electron chi connectivity index (χ3n) is 4.33. The van der Waals surface area contributed by atoms with Gasteiger partial charge in [0.05, 0.1) is 26.4 Å². The van der Waals surface area contributed by atoms with Crippen LogP contribution in [-0.2, 0) is 4.74 Å². The molecule has 1 atom stereocenters. The maximum atomic E-state index is 12.5. The number of nitrogens with zero attached hydrogens (tertiary/aromatic N) is 1. The lowest BCUT2D eigenvalue weighted by molar-refractivity contribution is -0.0295. The highest BCUT2D eigenvalue weighted by molar-refractivity contribution is 5.94. The maximum Gasteiger partial charge on any atom is 0.251 e. The van der Waals surface area contributed by atoms with Crippen molar-refractivity contribution in [3.05, 3.63) is 23.8 Å². The van der Waals surface area contributed by atoms with Crippen LogP contribution in [0.3, 0.4) is 0 Å². The Labute approximate surface area is 163 Å². The number of hydrogen-bond acceptors (Lipinski definition) is 5. The summed E-state index contributed by atoms with van der Waals surface area (Å²) >= 11 is 0. The standard InChI is InChI=1S/C21H34N2O4/c1-15(2)12-23-8-9-26-18(13-23)11-22-21(24)17-6-7-19(20(10-17)25-5)27-14-16(3)4/h6-7,10,15-16,18H,8-9,11-14H2,1-5H3,(H,22,24). The van der Waals surface area contributed by atoms with Gasteiger partial charge in [-0.1, -0.05) is 27.7 Å². The molecule has 0 bridgehead atoms. The monoisotopic (exact) mass is 378 g/mol. The van der Waals surface area contributed by atoms with Crippen LogP contribution in [0.2, 0.25) is 0 Å². The van der Waals surface area contributed by atoms with Crippen LogP contribution >= 0.6 is 0 Å². The van der Waals surface area contributed by atoms with Crippen LogP contribution < -0.4 is 14.8 Å². The Morgan fingerprint density at radius 3 is 2.70 bits per heavy atom. The number of benzene rings is 1. The van der Waals surface area contributed by atoms with E-state index in [1.807, 2.05) is 0 Å². The van der Waals surface area contributed by atoms with Gasteiger partial charge in [-0.15, -0.1) is 0 Å². The van der Waals surface area contributed by atoms with Crippen molar-refractivity contribution in [1.82, 2.24) is 10.2 Å². The second-order valence-electron chi connectivity index (χ2n) is 7.93. The number of carbonyl (C=O) groups is 1. The quantitative estimate of drug-likeness (QED) is 0.716. The maximum absolute atomic E-state index is 12.5. The fraction of sp³-hybridized carbons (Fsp3) is 0.667. The lowest BCUT2D eigenvalue weighted by Crippen LogP contribution is -2.48. The third-order valence-corrected chi connectivity index (χ3v) is 4.33. The number of methoxy groups -OCH3 is 1. The van der Waals surface area contributed by atoms with Crippen molar-refractivity contribution in [2.45, 2.75) is 33.8 Å². The van der Waals surface area contributed by atoms with Crippen LogP contribution in [0, 0.1) is 11.8 Å². The third kappa shape index (κ3) is 7.03. The molecule has 1 aromatic carbocycles. The lowest BCUT2D eigenvalue weighted by atomic mass is 10.1. The van der Waals surface area contributed by atoms with Crippen LogP contribution in [0.1, 0.15) is 38.1 Å². The molecule has 0 aliphatic carbocycles. The molecular formula is C21H34N2O4. The van der Waals surface area contributed by atoms with Crippen molar-refractivity contribution in [2.24, 2.45) is 11.8 Å². The number of hydrogen-bond donors (Lipinski definition) is 1. The highest BCUT2D eigenvalue weighted by atomic mass is 16.5. The average molecular weight is 379 g/mol. The topological polar surface area (TPSA) is 60.0 Å². The van der Waals surface area contributed by atoms with Crippen molar-refractivity contribution >= 4 is 5.91 Å². The molecule has 0 saturated carbocycles. The van der Waals surface area contributed by atoms with Crippen LogP contribution in [0.25, 0.3) is 0 Å². The number of nitrogens with one attached hydrogen (secondary N) is 1. The van der Waals surface area contributed by atoms with Gasteiger partial charge in [0.1, 0.15) is 0 Å². The number of rotatable bonds is 9. The van der Waals surface area contributed by atoms with Gasteiger partial charge in [0.15, 0.2) is 11.5 Å². The molecule has 1 aromatic rings. The first-order valence-corrected chi connectivity index (χ1v) is 9.82. The molecule has 152 valence electrons. The van der Waals surface area contributed by atoms with Crippen LogP contribution in [0.5, 0.6) is 11.5 Å². The zero-order valence-electron chi connectivity index (χ0n) is 17.3. The van der Waals surface area contributed by atoms with Gasteiger partial charge in [-0.05, 0) is 30.0 Å². The van der Waals surface area contributed by atoms with E-state index in [9.17, 15) is 4.79 Å². The van der Waals surface area contributed by atoms with Crippen molar-refractivity contribution in [3.63, 3.8) is 0 Å². The summed E-state index contributed by atoms with van der Waals surface area (Å²) in [4.78, 5) is 14.9. The van der Waals surface area contributed by atoms with Crippen molar-refractivity contribution < 1.29 is 19.0 Å². The predicted molar refractivity (Wildman–Crippen MR) is 107 cm³/mol. The number of carbonyl (C=O) groups excluding carboxylic acids is 1. The Hall–Kier alpha value is -1.79. The summed E-state index contributed by atoms with van der Waals surface area (Å²) in [5.74, 6) is 2.14. The molecule has 0 aromatic heterocycles. The highest BCUT2D eigenvalue weighted by Gasteiger charge is 2.22. The number of amides is 1. The summed E-state index contributed by atoms with van der Waals surface area (Å²) in [6.07, 6.45) is 0.0250. The molecule has 6 heteroatoms. The molecule has 1 saturated heterocycles.